The molecule has 0 bridgehead atoms. The second-order valence-electron chi connectivity index (χ2n) is 5.67. The standard InChI is InChI=1S/C19H17F3/c1-2-4-12-9-17(21)19(18(22)10-12)14-7-8-15-13(11-14)5-3-6-16(15)20/h3,5-7,9-10H,2,4,8,11H2,1H3. The second kappa shape index (κ2) is 5.99. The van der Waals surface area contributed by atoms with Gasteiger partial charge in [-0.2, -0.15) is 0 Å². The Kier molecular flexibility index (Phi) is 4.06. The van der Waals surface area contributed by atoms with Crippen LogP contribution >= 0.6 is 0 Å². The lowest BCUT2D eigenvalue weighted by Gasteiger charge is -2.19. The summed E-state index contributed by atoms with van der Waals surface area (Å²) >= 11 is 0. The molecule has 2 aromatic carbocycles. The molecule has 0 atom stereocenters. The van der Waals surface area contributed by atoms with Crippen LogP contribution in [0.1, 0.15) is 35.6 Å². The van der Waals surface area contributed by atoms with Crippen LogP contribution in [0.4, 0.5) is 13.2 Å². The predicted octanol–water partition coefficient (Wildman–Crippen LogP) is 5.24. The topological polar surface area (TPSA) is 0 Å². The summed E-state index contributed by atoms with van der Waals surface area (Å²) in [6.45, 7) is 1.97. The summed E-state index contributed by atoms with van der Waals surface area (Å²) in [5.74, 6) is -1.32. The Bertz CT molecular complexity index is 721. The van der Waals surface area contributed by atoms with E-state index in [9.17, 15) is 13.2 Å². The van der Waals surface area contributed by atoms with Crippen molar-refractivity contribution < 1.29 is 13.2 Å². The van der Waals surface area contributed by atoms with E-state index in [-0.39, 0.29) is 11.4 Å². The number of halogens is 3. The second-order valence-corrected chi connectivity index (χ2v) is 5.67. The van der Waals surface area contributed by atoms with E-state index < -0.39 is 11.6 Å². The van der Waals surface area contributed by atoms with Crippen molar-refractivity contribution >= 4 is 5.57 Å². The van der Waals surface area contributed by atoms with Gasteiger partial charge in [0.25, 0.3) is 0 Å². The average Bonchev–Trinajstić information content (AvgIpc) is 2.47. The molecule has 0 saturated carbocycles. The molecule has 0 aliphatic heterocycles. The fourth-order valence-electron chi connectivity index (χ4n) is 3.06. The van der Waals surface area contributed by atoms with Gasteiger partial charge in [-0.1, -0.05) is 31.6 Å². The molecule has 0 unspecified atom stereocenters. The van der Waals surface area contributed by atoms with Crippen LogP contribution in [0.5, 0.6) is 0 Å². The maximum atomic E-state index is 14.3. The van der Waals surface area contributed by atoms with Crippen LogP contribution in [0.3, 0.4) is 0 Å². The maximum absolute atomic E-state index is 14.3. The highest BCUT2D eigenvalue weighted by atomic mass is 19.1. The number of hydrogen-bond donors (Lipinski definition) is 0. The number of benzene rings is 2. The first-order valence-corrected chi connectivity index (χ1v) is 7.53. The number of fused-ring (bicyclic) bond motifs is 1. The number of rotatable bonds is 3. The number of aryl methyl sites for hydroxylation is 1. The van der Waals surface area contributed by atoms with Crippen LogP contribution in [0.25, 0.3) is 5.57 Å². The molecular weight excluding hydrogens is 285 g/mol. The summed E-state index contributed by atoms with van der Waals surface area (Å²) in [5, 5.41) is 0. The van der Waals surface area contributed by atoms with E-state index in [1.54, 1.807) is 12.1 Å². The predicted molar refractivity (Wildman–Crippen MR) is 82.1 cm³/mol. The molecule has 0 heterocycles. The zero-order chi connectivity index (χ0) is 15.7. The molecule has 0 saturated heterocycles. The molecule has 1 aliphatic rings. The van der Waals surface area contributed by atoms with Gasteiger partial charge in [0.05, 0.1) is 0 Å². The average molecular weight is 302 g/mol. The first-order valence-electron chi connectivity index (χ1n) is 7.53. The number of hydrogen-bond acceptors (Lipinski definition) is 0. The fraction of sp³-hybridized carbons (Fsp3) is 0.263. The summed E-state index contributed by atoms with van der Waals surface area (Å²) in [7, 11) is 0. The molecule has 0 radical (unpaired) electrons. The molecule has 0 spiro atoms. The summed E-state index contributed by atoms with van der Waals surface area (Å²) in [6, 6.07) is 7.67. The Labute approximate surface area is 128 Å². The van der Waals surface area contributed by atoms with Crippen molar-refractivity contribution in [3.63, 3.8) is 0 Å². The van der Waals surface area contributed by atoms with E-state index >= 15 is 0 Å². The Morgan fingerprint density at radius 1 is 1.00 bits per heavy atom. The van der Waals surface area contributed by atoms with Gasteiger partial charge in [-0.15, -0.1) is 0 Å². The first kappa shape index (κ1) is 14.9. The van der Waals surface area contributed by atoms with Gasteiger partial charge in [-0.05, 0) is 59.7 Å². The molecule has 0 aromatic heterocycles. The highest BCUT2D eigenvalue weighted by Gasteiger charge is 2.20. The SMILES string of the molecule is CCCc1cc(F)c(C2=CCc3c(F)cccc3C2)c(F)c1. The lowest BCUT2D eigenvalue weighted by Crippen LogP contribution is -2.08. The van der Waals surface area contributed by atoms with Gasteiger partial charge in [0.15, 0.2) is 0 Å². The molecule has 3 heteroatoms. The van der Waals surface area contributed by atoms with Gasteiger partial charge in [-0.25, -0.2) is 13.2 Å². The third kappa shape index (κ3) is 2.68. The van der Waals surface area contributed by atoms with E-state index in [0.29, 0.717) is 36.0 Å². The van der Waals surface area contributed by atoms with Crippen molar-refractivity contribution in [1.29, 1.82) is 0 Å². The Morgan fingerprint density at radius 3 is 2.41 bits per heavy atom. The van der Waals surface area contributed by atoms with Crippen LogP contribution in [-0.4, -0.2) is 0 Å². The molecule has 0 amide bonds. The van der Waals surface area contributed by atoms with Crippen molar-refractivity contribution in [2.45, 2.75) is 32.6 Å². The van der Waals surface area contributed by atoms with Gasteiger partial charge in [-0.3, -0.25) is 0 Å². The Hall–Kier alpha value is -2.03. The summed E-state index contributed by atoms with van der Waals surface area (Å²) in [5.41, 5.74) is 2.71. The van der Waals surface area contributed by atoms with E-state index in [2.05, 4.69) is 0 Å². The van der Waals surface area contributed by atoms with E-state index in [4.69, 9.17) is 0 Å². The minimum absolute atomic E-state index is 0.0229. The lowest BCUT2D eigenvalue weighted by molar-refractivity contribution is 0.571. The molecule has 22 heavy (non-hydrogen) atoms. The minimum atomic E-state index is -0.533. The monoisotopic (exact) mass is 302 g/mol. The largest absolute Gasteiger partial charge is 0.207 e. The smallest absolute Gasteiger partial charge is 0.133 e. The molecular formula is C19H17F3. The van der Waals surface area contributed by atoms with Crippen molar-refractivity contribution in [3.05, 3.63) is 76.1 Å². The summed E-state index contributed by atoms with van der Waals surface area (Å²) in [4.78, 5) is 0. The zero-order valence-electron chi connectivity index (χ0n) is 12.4. The van der Waals surface area contributed by atoms with Crippen molar-refractivity contribution in [3.8, 4) is 0 Å². The molecule has 1 aliphatic carbocycles. The third-order valence-electron chi connectivity index (χ3n) is 4.11. The van der Waals surface area contributed by atoms with Gasteiger partial charge in [0.1, 0.15) is 17.5 Å². The molecule has 0 N–H and O–H groups in total. The number of allylic oxidation sites excluding steroid dienone is 2. The van der Waals surface area contributed by atoms with Crippen LogP contribution in [0.15, 0.2) is 36.4 Å². The van der Waals surface area contributed by atoms with Crippen LogP contribution in [0.2, 0.25) is 0 Å². The van der Waals surface area contributed by atoms with Crippen molar-refractivity contribution in [2.75, 3.05) is 0 Å². The van der Waals surface area contributed by atoms with Crippen LogP contribution < -0.4 is 0 Å². The first-order chi connectivity index (χ1) is 10.6. The van der Waals surface area contributed by atoms with E-state index in [1.807, 2.05) is 13.0 Å². The van der Waals surface area contributed by atoms with Crippen LogP contribution in [0, 0.1) is 17.5 Å². The normalized spacial score (nSPS) is 13.7. The highest BCUT2D eigenvalue weighted by Crippen LogP contribution is 2.32. The van der Waals surface area contributed by atoms with Gasteiger partial charge >= 0.3 is 0 Å². The Morgan fingerprint density at radius 2 is 1.73 bits per heavy atom. The van der Waals surface area contributed by atoms with E-state index in [1.165, 1.54) is 18.2 Å². The highest BCUT2D eigenvalue weighted by molar-refractivity contribution is 5.71. The molecule has 0 fully saturated rings. The molecule has 2 aromatic rings. The fourth-order valence-corrected chi connectivity index (χ4v) is 3.06. The lowest BCUT2D eigenvalue weighted by atomic mass is 9.87. The van der Waals surface area contributed by atoms with Gasteiger partial charge in [0, 0.05) is 5.56 Å². The zero-order valence-corrected chi connectivity index (χ0v) is 12.4. The van der Waals surface area contributed by atoms with Crippen LogP contribution in [-0.2, 0) is 19.3 Å². The molecule has 114 valence electrons. The van der Waals surface area contributed by atoms with E-state index in [0.717, 1.165) is 12.0 Å². The summed E-state index contributed by atoms with van der Waals surface area (Å²) in [6.07, 6.45) is 3.95. The maximum Gasteiger partial charge on any atom is 0.133 e. The quantitative estimate of drug-likeness (QED) is 0.727. The van der Waals surface area contributed by atoms with Crippen molar-refractivity contribution in [2.24, 2.45) is 0 Å². The summed E-state index contributed by atoms with van der Waals surface area (Å²) < 4.78 is 42.4. The van der Waals surface area contributed by atoms with Gasteiger partial charge in [0.2, 0.25) is 0 Å². The molecule has 3 rings (SSSR count). The van der Waals surface area contributed by atoms with Gasteiger partial charge < -0.3 is 0 Å². The molecule has 0 nitrogen and oxygen atoms in total. The third-order valence-corrected chi connectivity index (χ3v) is 4.11. The van der Waals surface area contributed by atoms with Crippen molar-refractivity contribution in [1.82, 2.24) is 0 Å². The Balaban J connectivity index is 1.98. The minimum Gasteiger partial charge on any atom is -0.207 e.